The van der Waals surface area contributed by atoms with Gasteiger partial charge in [0.25, 0.3) is 0 Å². The summed E-state index contributed by atoms with van der Waals surface area (Å²) in [6, 6.07) is 23.7. The number of halogens is 1. The summed E-state index contributed by atoms with van der Waals surface area (Å²) in [5.41, 5.74) is 4.18. The van der Waals surface area contributed by atoms with Crippen molar-refractivity contribution in [3.63, 3.8) is 0 Å². The van der Waals surface area contributed by atoms with E-state index in [1.165, 1.54) is 22.9 Å². The Balaban J connectivity index is 1.38. The molecule has 1 aliphatic heterocycles. The van der Waals surface area contributed by atoms with Crippen LogP contribution in [0.3, 0.4) is 0 Å². The number of para-hydroxylation sites is 2. The van der Waals surface area contributed by atoms with Crippen molar-refractivity contribution in [1.82, 2.24) is 9.97 Å². The summed E-state index contributed by atoms with van der Waals surface area (Å²) in [6.07, 6.45) is 0.967. The first kappa shape index (κ1) is 20.8. The van der Waals surface area contributed by atoms with Crippen molar-refractivity contribution in [1.29, 1.82) is 0 Å². The molecule has 1 amide bonds. The third kappa shape index (κ3) is 4.42. The van der Waals surface area contributed by atoms with Crippen LogP contribution in [0.1, 0.15) is 11.1 Å². The highest BCUT2D eigenvalue weighted by atomic mass is 35.5. The van der Waals surface area contributed by atoms with Crippen LogP contribution in [0, 0.1) is 0 Å². The molecule has 2 heterocycles. The normalized spacial score (nSPS) is 13.1. The van der Waals surface area contributed by atoms with E-state index in [0.29, 0.717) is 16.7 Å². The monoisotopic (exact) mass is 460 g/mol. The highest BCUT2D eigenvalue weighted by molar-refractivity contribution is 8.00. The van der Waals surface area contributed by atoms with Gasteiger partial charge in [-0.15, -0.1) is 0 Å². The van der Waals surface area contributed by atoms with Crippen molar-refractivity contribution in [2.75, 3.05) is 22.5 Å². The second-order valence-corrected chi connectivity index (χ2v) is 8.97. The molecule has 5 rings (SSSR count). The Hall–Kier alpha value is -3.09. The zero-order valence-electron chi connectivity index (χ0n) is 17.3. The molecule has 1 N–H and O–H groups in total. The molecule has 0 aliphatic carbocycles. The minimum absolute atomic E-state index is 0.126. The van der Waals surface area contributed by atoms with Crippen LogP contribution in [0.15, 0.2) is 77.8 Å². The van der Waals surface area contributed by atoms with Crippen molar-refractivity contribution >= 4 is 51.8 Å². The molecule has 32 heavy (non-hydrogen) atoms. The van der Waals surface area contributed by atoms with Gasteiger partial charge < -0.3 is 10.2 Å². The van der Waals surface area contributed by atoms with Crippen LogP contribution >= 0.6 is 23.4 Å². The molecule has 0 bridgehead atoms. The van der Waals surface area contributed by atoms with Crippen LogP contribution in [0.4, 0.5) is 11.6 Å². The van der Waals surface area contributed by atoms with Gasteiger partial charge >= 0.3 is 0 Å². The van der Waals surface area contributed by atoms with Crippen LogP contribution < -0.4 is 10.2 Å². The third-order valence-corrected chi connectivity index (χ3v) is 6.78. The number of hydrogen-bond acceptors (Lipinski definition) is 5. The molecule has 0 atom stereocenters. The number of benzene rings is 3. The average molecular weight is 461 g/mol. The van der Waals surface area contributed by atoms with Gasteiger partial charge in [0.2, 0.25) is 11.9 Å². The van der Waals surface area contributed by atoms with E-state index >= 15 is 0 Å². The fourth-order valence-electron chi connectivity index (χ4n) is 3.84. The van der Waals surface area contributed by atoms with E-state index in [0.717, 1.165) is 35.4 Å². The summed E-state index contributed by atoms with van der Waals surface area (Å²) < 4.78 is 0. The van der Waals surface area contributed by atoms with Gasteiger partial charge in [-0.05, 0) is 35.7 Å². The molecule has 1 aromatic heterocycles. The Bertz CT molecular complexity index is 1300. The molecule has 7 heteroatoms. The molecule has 0 radical (unpaired) electrons. The van der Waals surface area contributed by atoms with E-state index in [-0.39, 0.29) is 11.7 Å². The van der Waals surface area contributed by atoms with E-state index in [1.807, 2.05) is 36.4 Å². The van der Waals surface area contributed by atoms with Gasteiger partial charge in [-0.3, -0.25) is 4.79 Å². The largest absolute Gasteiger partial charge is 0.336 e. The molecular weight excluding hydrogens is 440 g/mol. The predicted octanol–water partition coefficient (Wildman–Crippen LogP) is 5.58. The summed E-state index contributed by atoms with van der Waals surface area (Å²) >= 11 is 7.57. The zero-order valence-corrected chi connectivity index (χ0v) is 18.9. The average Bonchev–Trinajstić information content (AvgIpc) is 2.83. The number of thioether (sulfide) groups is 1. The number of anilines is 2. The zero-order chi connectivity index (χ0) is 21.9. The quantitative estimate of drug-likeness (QED) is 0.311. The van der Waals surface area contributed by atoms with Crippen LogP contribution in [-0.2, 0) is 17.8 Å². The number of hydrogen-bond donors (Lipinski definition) is 1. The Labute approximate surface area is 195 Å². The van der Waals surface area contributed by atoms with Gasteiger partial charge in [0.05, 0.1) is 22.0 Å². The molecule has 160 valence electrons. The highest BCUT2D eigenvalue weighted by Crippen LogP contribution is 2.30. The number of fused-ring (bicyclic) bond motifs is 2. The maximum atomic E-state index is 12.6. The molecular formula is C25H21ClN4OS. The molecule has 4 aromatic rings. The maximum Gasteiger partial charge on any atom is 0.234 e. The second-order valence-electron chi connectivity index (χ2n) is 7.60. The number of nitrogens with one attached hydrogen (secondary N) is 1. The topological polar surface area (TPSA) is 58.1 Å². The first-order valence-corrected chi connectivity index (χ1v) is 11.8. The summed E-state index contributed by atoms with van der Waals surface area (Å²) in [5.74, 6) is 0.806. The highest BCUT2D eigenvalue weighted by Gasteiger charge is 2.20. The molecule has 3 aromatic carbocycles. The number of carbonyl (C=O) groups is 1. The van der Waals surface area contributed by atoms with Crippen LogP contribution in [-0.4, -0.2) is 28.2 Å². The lowest BCUT2D eigenvalue weighted by atomic mass is 10.0. The smallest absolute Gasteiger partial charge is 0.234 e. The minimum atomic E-state index is -0.126. The number of aromatic nitrogens is 2. The molecule has 0 saturated heterocycles. The van der Waals surface area contributed by atoms with Crippen molar-refractivity contribution in [2.45, 2.75) is 18.0 Å². The molecule has 0 fully saturated rings. The van der Waals surface area contributed by atoms with E-state index in [2.05, 4.69) is 34.5 Å². The van der Waals surface area contributed by atoms with E-state index < -0.39 is 0 Å². The maximum absolute atomic E-state index is 12.6. The number of carbonyl (C=O) groups excluding carboxylic acids is 1. The van der Waals surface area contributed by atoms with Crippen molar-refractivity contribution in [2.24, 2.45) is 0 Å². The van der Waals surface area contributed by atoms with E-state index in [1.54, 1.807) is 12.1 Å². The number of rotatable bonds is 5. The Kier molecular flexibility index (Phi) is 5.97. The second kappa shape index (κ2) is 9.18. The molecule has 0 spiro atoms. The Morgan fingerprint density at radius 1 is 0.969 bits per heavy atom. The van der Waals surface area contributed by atoms with Crippen LogP contribution in [0.5, 0.6) is 0 Å². The Morgan fingerprint density at radius 3 is 2.59 bits per heavy atom. The standard InChI is InChI=1S/C25H21ClN4OS/c26-20-10-4-6-12-22(20)27-23(31)16-32-24-19-9-3-5-11-21(19)28-25(29-24)30-14-13-17-7-1-2-8-18(17)15-30/h1-12H,13-16H2,(H,27,31). The lowest BCUT2D eigenvalue weighted by molar-refractivity contribution is -0.113. The predicted molar refractivity (Wildman–Crippen MR) is 132 cm³/mol. The van der Waals surface area contributed by atoms with Crippen LogP contribution in [0.2, 0.25) is 5.02 Å². The van der Waals surface area contributed by atoms with Gasteiger partial charge in [-0.25, -0.2) is 9.97 Å². The van der Waals surface area contributed by atoms with Crippen molar-refractivity contribution < 1.29 is 4.79 Å². The Morgan fingerprint density at radius 2 is 1.72 bits per heavy atom. The van der Waals surface area contributed by atoms with E-state index in [4.69, 9.17) is 21.6 Å². The summed E-state index contributed by atoms with van der Waals surface area (Å²) in [5, 5.41) is 5.14. The van der Waals surface area contributed by atoms with Gasteiger partial charge in [0.1, 0.15) is 5.03 Å². The minimum Gasteiger partial charge on any atom is -0.336 e. The third-order valence-electron chi connectivity index (χ3n) is 5.46. The SMILES string of the molecule is O=C(CSc1nc(N2CCc3ccccc3C2)nc2ccccc12)Nc1ccccc1Cl. The summed E-state index contributed by atoms with van der Waals surface area (Å²) in [7, 11) is 0. The van der Waals surface area contributed by atoms with Crippen molar-refractivity contribution in [3.8, 4) is 0 Å². The van der Waals surface area contributed by atoms with Gasteiger partial charge in [0.15, 0.2) is 0 Å². The molecule has 0 saturated carbocycles. The summed E-state index contributed by atoms with van der Waals surface area (Å²) in [6.45, 7) is 1.65. The molecule has 5 nitrogen and oxygen atoms in total. The van der Waals surface area contributed by atoms with E-state index in [9.17, 15) is 4.79 Å². The molecule has 1 aliphatic rings. The van der Waals surface area contributed by atoms with Gasteiger partial charge in [-0.1, -0.05) is 78.0 Å². The summed E-state index contributed by atoms with van der Waals surface area (Å²) in [4.78, 5) is 24.5. The lowest BCUT2D eigenvalue weighted by Crippen LogP contribution is -2.31. The van der Waals surface area contributed by atoms with Crippen LogP contribution in [0.25, 0.3) is 10.9 Å². The first-order valence-electron chi connectivity index (χ1n) is 10.4. The van der Waals surface area contributed by atoms with Crippen molar-refractivity contribution in [3.05, 3.63) is 88.9 Å². The number of nitrogens with zero attached hydrogens (tertiary/aromatic N) is 3. The van der Waals surface area contributed by atoms with Gasteiger partial charge in [-0.2, -0.15) is 0 Å². The van der Waals surface area contributed by atoms with Gasteiger partial charge in [0, 0.05) is 18.5 Å². The molecule has 0 unspecified atom stereocenters. The lowest BCUT2D eigenvalue weighted by Gasteiger charge is -2.29. The fourth-order valence-corrected chi connectivity index (χ4v) is 4.83. The first-order chi connectivity index (χ1) is 15.7. The fraction of sp³-hybridized carbons (Fsp3) is 0.160. The number of amides is 1.